The molecule has 1 aliphatic rings. The average molecular weight is 330 g/mol. The lowest BCUT2D eigenvalue weighted by Gasteiger charge is -2.33. The highest BCUT2D eigenvalue weighted by molar-refractivity contribution is 9.10. The number of carbonyl (C=O) groups excluding carboxylic acids is 1. The number of ether oxygens (including phenoxy) is 1. The van der Waals surface area contributed by atoms with Gasteiger partial charge in [-0.25, -0.2) is 4.39 Å². The largest absolute Gasteiger partial charge is 0.381 e. The molecule has 1 N–H and O–H groups in total. The Morgan fingerprint density at radius 3 is 2.84 bits per heavy atom. The molecule has 1 aliphatic heterocycles. The monoisotopic (exact) mass is 329 g/mol. The van der Waals surface area contributed by atoms with Gasteiger partial charge in [-0.1, -0.05) is 13.0 Å². The van der Waals surface area contributed by atoms with Gasteiger partial charge in [0.05, 0.1) is 10.0 Å². The molecule has 0 bridgehead atoms. The van der Waals surface area contributed by atoms with Crippen molar-refractivity contribution in [3.63, 3.8) is 0 Å². The molecule has 0 saturated carbocycles. The number of amides is 1. The Bertz CT molecular complexity index is 473. The molecule has 1 heterocycles. The molecule has 0 unspecified atom stereocenters. The first-order chi connectivity index (χ1) is 9.02. The van der Waals surface area contributed by atoms with Gasteiger partial charge in [-0.15, -0.1) is 0 Å². The molecule has 1 fully saturated rings. The second-order valence-corrected chi connectivity index (χ2v) is 6.06. The molecule has 0 spiro atoms. The van der Waals surface area contributed by atoms with E-state index in [2.05, 4.69) is 28.2 Å². The Kier molecular flexibility index (Phi) is 4.58. The third-order valence-corrected chi connectivity index (χ3v) is 4.18. The lowest BCUT2D eigenvalue weighted by molar-refractivity contribution is 0.0238. The summed E-state index contributed by atoms with van der Waals surface area (Å²) >= 11 is 3.08. The van der Waals surface area contributed by atoms with Crippen molar-refractivity contribution < 1.29 is 13.9 Å². The van der Waals surface area contributed by atoms with Gasteiger partial charge in [0, 0.05) is 19.8 Å². The van der Waals surface area contributed by atoms with E-state index in [4.69, 9.17) is 4.74 Å². The van der Waals surface area contributed by atoms with Crippen LogP contribution in [-0.4, -0.2) is 25.7 Å². The number of carbonyl (C=O) groups is 1. The molecule has 1 aromatic rings. The van der Waals surface area contributed by atoms with Crippen LogP contribution in [0.2, 0.25) is 0 Å². The SMILES string of the molecule is CC1(CNC(=O)c2cccc(Br)c2F)CCOCC1. The van der Waals surface area contributed by atoms with E-state index < -0.39 is 5.82 Å². The molecule has 1 saturated heterocycles. The Labute approximate surface area is 120 Å². The van der Waals surface area contributed by atoms with Crippen LogP contribution in [0.4, 0.5) is 4.39 Å². The minimum Gasteiger partial charge on any atom is -0.381 e. The van der Waals surface area contributed by atoms with Gasteiger partial charge in [0.1, 0.15) is 5.82 Å². The normalized spacial score (nSPS) is 18.1. The van der Waals surface area contributed by atoms with E-state index in [1.54, 1.807) is 12.1 Å². The first kappa shape index (κ1) is 14.5. The van der Waals surface area contributed by atoms with Crippen molar-refractivity contribution in [2.75, 3.05) is 19.8 Å². The fraction of sp³-hybridized carbons (Fsp3) is 0.500. The molecular formula is C14H17BrFNO2. The highest BCUT2D eigenvalue weighted by Crippen LogP contribution is 2.28. The van der Waals surface area contributed by atoms with Gasteiger partial charge in [-0.2, -0.15) is 0 Å². The van der Waals surface area contributed by atoms with Crippen molar-refractivity contribution >= 4 is 21.8 Å². The quantitative estimate of drug-likeness (QED) is 0.925. The van der Waals surface area contributed by atoms with Crippen molar-refractivity contribution in [3.05, 3.63) is 34.1 Å². The minimum absolute atomic E-state index is 0.0381. The number of hydrogen-bond donors (Lipinski definition) is 1. The number of nitrogens with one attached hydrogen (secondary N) is 1. The fourth-order valence-corrected chi connectivity index (χ4v) is 2.48. The number of rotatable bonds is 3. The topological polar surface area (TPSA) is 38.3 Å². The van der Waals surface area contributed by atoms with Crippen LogP contribution in [0.5, 0.6) is 0 Å². The Hall–Kier alpha value is -0.940. The van der Waals surface area contributed by atoms with Crippen LogP contribution >= 0.6 is 15.9 Å². The smallest absolute Gasteiger partial charge is 0.254 e. The van der Waals surface area contributed by atoms with Crippen molar-refractivity contribution in [2.45, 2.75) is 19.8 Å². The highest BCUT2D eigenvalue weighted by Gasteiger charge is 2.28. The summed E-state index contributed by atoms with van der Waals surface area (Å²) in [5, 5.41) is 2.82. The van der Waals surface area contributed by atoms with Gasteiger partial charge in [-0.05, 0) is 46.3 Å². The summed E-state index contributed by atoms with van der Waals surface area (Å²) in [7, 11) is 0. The summed E-state index contributed by atoms with van der Waals surface area (Å²) in [6.45, 7) is 4.10. The predicted octanol–water partition coefficient (Wildman–Crippen LogP) is 3.13. The van der Waals surface area contributed by atoms with Crippen LogP contribution in [-0.2, 0) is 4.74 Å². The Morgan fingerprint density at radius 2 is 2.16 bits per heavy atom. The van der Waals surface area contributed by atoms with E-state index in [9.17, 15) is 9.18 Å². The van der Waals surface area contributed by atoms with Gasteiger partial charge in [0.25, 0.3) is 5.91 Å². The third kappa shape index (κ3) is 3.54. The minimum atomic E-state index is -0.517. The van der Waals surface area contributed by atoms with E-state index in [-0.39, 0.29) is 16.9 Å². The molecule has 0 aliphatic carbocycles. The maximum atomic E-state index is 13.8. The number of benzene rings is 1. The second-order valence-electron chi connectivity index (χ2n) is 5.21. The fourth-order valence-electron chi connectivity index (χ4n) is 2.11. The number of halogens is 2. The van der Waals surface area contributed by atoms with Gasteiger partial charge in [0.15, 0.2) is 0 Å². The van der Waals surface area contributed by atoms with E-state index in [0.29, 0.717) is 11.0 Å². The van der Waals surface area contributed by atoms with E-state index >= 15 is 0 Å². The second kappa shape index (κ2) is 6.01. The molecule has 5 heteroatoms. The molecule has 1 aromatic carbocycles. The molecule has 3 nitrogen and oxygen atoms in total. The molecule has 19 heavy (non-hydrogen) atoms. The molecule has 1 amide bonds. The van der Waals surface area contributed by atoms with Crippen LogP contribution in [0.25, 0.3) is 0 Å². The zero-order valence-electron chi connectivity index (χ0n) is 10.8. The van der Waals surface area contributed by atoms with Crippen LogP contribution in [0, 0.1) is 11.2 Å². The van der Waals surface area contributed by atoms with Crippen molar-refractivity contribution in [1.82, 2.24) is 5.32 Å². The first-order valence-corrected chi connectivity index (χ1v) is 7.11. The van der Waals surface area contributed by atoms with Crippen molar-refractivity contribution in [2.24, 2.45) is 5.41 Å². The molecule has 0 aromatic heterocycles. The maximum Gasteiger partial charge on any atom is 0.254 e. The van der Waals surface area contributed by atoms with Crippen molar-refractivity contribution in [3.8, 4) is 0 Å². The van der Waals surface area contributed by atoms with E-state index in [1.807, 2.05) is 0 Å². The average Bonchev–Trinajstić information content (AvgIpc) is 2.40. The van der Waals surface area contributed by atoms with Gasteiger partial charge < -0.3 is 10.1 Å². The molecule has 104 valence electrons. The zero-order chi connectivity index (χ0) is 13.9. The highest BCUT2D eigenvalue weighted by atomic mass is 79.9. The van der Waals surface area contributed by atoms with Gasteiger partial charge in [-0.3, -0.25) is 4.79 Å². The van der Waals surface area contributed by atoms with Crippen molar-refractivity contribution in [1.29, 1.82) is 0 Å². The lowest BCUT2D eigenvalue weighted by atomic mass is 9.82. The molecule has 0 atom stereocenters. The first-order valence-electron chi connectivity index (χ1n) is 6.32. The summed E-state index contributed by atoms with van der Waals surface area (Å²) < 4.78 is 19.4. The molecular weight excluding hydrogens is 313 g/mol. The summed E-state index contributed by atoms with van der Waals surface area (Å²) in [6.07, 6.45) is 1.82. The predicted molar refractivity (Wildman–Crippen MR) is 74.6 cm³/mol. The summed E-state index contributed by atoms with van der Waals surface area (Å²) in [6, 6.07) is 4.71. The molecule has 2 rings (SSSR count). The third-order valence-electron chi connectivity index (χ3n) is 3.57. The lowest BCUT2D eigenvalue weighted by Crippen LogP contribution is -2.39. The van der Waals surface area contributed by atoms with E-state index in [0.717, 1.165) is 26.1 Å². The van der Waals surface area contributed by atoms with Gasteiger partial charge >= 0.3 is 0 Å². The van der Waals surface area contributed by atoms with Crippen LogP contribution in [0.15, 0.2) is 22.7 Å². The molecule has 0 radical (unpaired) electrons. The Morgan fingerprint density at radius 1 is 1.47 bits per heavy atom. The zero-order valence-corrected chi connectivity index (χ0v) is 12.4. The summed E-state index contributed by atoms with van der Waals surface area (Å²) in [5.41, 5.74) is 0.112. The standard InChI is InChI=1S/C14H17BrFNO2/c1-14(5-7-19-8-6-14)9-17-13(18)10-3-2-4-11(15)12(10)16/h2-4H,5-9H2,1H3,(H,17,18). The van der Waals surface area contributed by atoms with Gasteiger partial charge in [0.2, 0.25) is 0 Å². The number of hydrogen-bond acceptors (Lipinski definition) is 2. The maximum absolute atomic E-state index is 13.8. The van der Waals surface area contributed by atoms with E-state index in [1.165, 1.54) is 6.07 Å². The van der Waals surface area contributed by atoms with Crippen LogP contribution in [0.3, 0.4) is 0 Å². The summed E-state index contributed by atoms with van der Waals surface area (Å²) in [4.78, 5) is 12.0. The summed E-state index contributed by atoms with van der Waals surface area (Å²) in [5.74, 6) is -0.886. The van der Waals surface area contributed by atoms with Crippen LogP contribution in [0.1, 0.15) is 30.1 Å². The van der Waals surface area contributed by atoms with Crippen LogP contribution < -0.4 is 5.32 Å². The Balaban J connectivity index is 1.99.